The number of benzene rings is 2. The second kappa shape index (κ2) is 10.2. The molecule has 2 fully saturated rings. The smallest absolute Gasteiger partial charge is 0.407 e. The molecule has 2 aliphatic rings. The predicted molar refractivity (Wildman–Crippen MR) is 132 cm³/mol. The lowest BCUT2D eigenvalue weighted by Gasteiger charge is -2.33. The second-order valence-electron chi connectivity index (χ2n) is 9.76. The first-order valence-electron chi connectivity index (χ1n) is 11.7. The van der Waals surface area contributed by atoms with Crippen LogP contribution in [0.1, 0.15) is 49.2 Å². The van der Waals surface area contributed by atoms with Gasteiger partial charge in [-0.25, -0.2) is 4.79 Å². The van der Waals surface area contributed by atoms with Crippen molar-refractivity contribution in [1.82, 2.24) is 10.2 Å². The van der Waals surface area contributed by atoms with E-state index in [1.807, 2.05) is 63.2 Å². The Bertz CT molecular complexity index is 1020. The van der Waals surface area contributed by atoms with Crippen molar-refractivity contribution in [3.63, 3.8) is 0 Å². The van der Waals surface area contributed by atoms with Crippen molar-refractivity contribution in [3.8, 4) is 0 Å². The van der Waals surface area contributed by atoms with Crippen molar-refractivity contribution < 1.29 is 19.1 Å². The van der Waals surface area contributed by atoms with Gasteiger partial charge in [-0.1, -0.05) is 41.9 Å². The highest BCUT2D eigenvalue weighted by Crippen LogP contribution is 2.29. The van der Waals surface area contributed by atoms with E-state index >= 15 is 0 Å². The van der Waals surface area contributed by atoms with Crippen molar-refractivity contribution in [1.29, 1.82) is 0 Å². The standard InChI is InChI=1S/C26H32ClN3O4/c1-26(2,3)34-25(32)28-19-11-12-29(16-19)20-9-10-21(22(27)15-20)24(31)30-13-14-33-23(17-30)18-7-5-4-6-8-18/h4-10,15,19,23H,11-14,16-17H2,1-3H3,(H,28,32). The zero-order valence-electron chi connectivity index (χ0n) is 19.9. The van der Waals surface area contributed by atoms with Crippen molar-refractivity contribution in [3.05, 3.63) is 64.7 Å². The number of carbonyl (C=O) groups is 2. The monoisotopic (exact) mass is 485 g/mol. The van der Waals surface area contributed by atoms with Crippen LogP contribution in [0.2, 0.25) is 5.02 Å². The number of hydrogen-bond donors (Lipinski definition) is 1. The number of morpholine rings is 1. The number of ether oxygens (including phenoxy) is 2. The molecule has 2 aliphatic heterocycles. The zero-order chi connectivity index (χ0) is 24.3. The van der Waals surface area contributed by atoms with Crippen LogP contribution in [0.4, 0.5) is 10.5 Å². The Hall–Kier alpha value is -2.77. The van der Waals surface area contributed by atoms with Gasteiger partial charge in [0.25, 0.3) is 5.91 Å². The Balaban J connectivity index is 1.37. The molecular weight excluding hydrogens is 454 g/mol. The molecule has 2 aromatic rings. The summed E-state index contributed by atoms with van der Waals surface area (Å²) in [6.07, 6.45) is 0.264. The lowest BCUT2D eigenvalue weighted by Crippen LogP contribution is -2.42. The second-order valence-corrected chi connectivity index (χ2v) is 10.2. The minimum Gasteiger partial charge on any atom is -0.444 e. The van der Waals surface area contributed by atoms with Crippen LogP contribution in [-0.4, -0.2) is 61.3 Å². The largest absolute Gasteiger partial charge is 0.444 e. The van der Waals surface area contributed by atoms with E-state index in [9.17, 15) is 9.59 Å². The molecule has 0 aromatic heterocycles. The number of nitrogens with zero attached hydrogens (tertiary/aromatic N) is 2. The number of amides is 2. The van der Waals surface area contributed by atoms with Crippen LogP contribution < -0.4 is 10.2 Å². The van der Waals surface area contributed by atoms with E-state index < -0.39 is 11.7 Å². The van der Waals surface area contributed by atoms with E-state index in [1.165, 1.54) is 0 Å². The Labute approximate surface area is 206 Å². The molecule has 2 unspecified atom stereocenters. The fourth-order valence-electron chi connectivity index (χ4n) is 4.33. The number of hydrogen-bond acceptors (Lipinski definition) is 5. The third-order valence-corrected chi connectivity index (χ3v) is 6.30. The molecule has 0 bridgehead atoms. The highest BCUT2D eigenvalue weighted by molar-refractivity contribution is 6.34. The Morgan fingerprint density at radius 3 is 2.56 bits per heavy atom. The zero-order valence-corrected chi connectivity index (χ0v) is 20.7. The van der Waals surface area contributed by atoms with Gasteiger partial charge >= 0.3 is 6.09 Å². The van der Waals surface area contributed by atoms with Gasteiger partial charge in [0.15, 0.2) is 0 Å². The first-order valence-corrected chi connectivity index (χ1v) is 12.1. The maximum atomic E-state index is 13.2. The molecule has 0 radical (unpaired) electrons. The molecule has 0 saturated carbocycles. The summed E-state index contributed by atoms with van der Waals surface area (Å²) in [6, 6.07) is 15.5. The molecule has 0 aliphatic carbocycles. The number of anilines is 1. The topological polar surface area (TPSA) is 71.1 Å². The molecule has 182 valence electrons. The lowest BCUT2D eigenvalue weighted by atomic mass is 10.1. The number of carbonyl (C=O) groups excluding carboxylic acids is 2. The van der Waals surface area contributed by atoms with Crippen LogP contribution in [0.5, 0.6) is 0 Å². The highest BCUT2D eigenvalue weighted by atomic mass is 35.5. The van der Waals surface area contributed by atoms with Crippen molar-refractivity contribution in [2.24, 2.45) is 0 Å². The van der Waals surface area contributed by atoms with Gasteiger partial charge < -0.3 is 24.6 Å². The van der Waals surface area contributed by atoms with Gasteiger partial charge in [0.2, 0.25) is 0 Å². The Morgan fingerprint density at radius 1 is 1.09 bits per heavy atom. The summed E-state index contributed by atoms with van der Waals surface area (Å²) in [4.78, 5) is 29.3. The molecule has 34 heavy (non-hydrogen) atoms. The third-order valence-electron chi connectivity index (χ3n) is 5.98. The summed E-state index contributed by atoms with van der Waals surface area (Å²) in [6.45, 7) is 8.49. The number of alkyl carbamates (subject to hydrolysis) is 1. The molecular formula is C26H32ClN3O4. The molecule has 2 aromatic carbocycles. The minimum atomic E-state index is -0.528. The van der Waals surface area contributed by atoms with Gasteiger partial charge in [-0.15, -0.1) is 0 Å². The average molecular weight is 486 g/mol. The van der Waals surface area contributed by atoms with E-state index in [0.29, 0.717) is 36.8 Å². The summed E-state index contributed by atoms with van der Waals surface area (Å²) in [7, 11) is 0. The maximum Gasteiger partial charge on any atom is 0.407 e. The first kappa shape index (κ1) is 24.4. The van der Waals surface area contributed by atoms with Gasteiger partial charge in [0.05, 0.1) is 29.8 Å². The summed E-state index contributed by atoms with van der Waals surface area (Å²) in [5, 5.41) is 3.36. The van der Waals surface area contributed by atoms with Crippen LogP contribution >= 0.6 is 11.6 Å². The molecule has 2 atom stereocenters. The maximum absolute atomic E-state index is 13.2. The van der Waals surface area contributed by atoms with Gasteiger partial charge in [-0.2, -0.15) is 0 Å². The van der Waals surface area contributed by atoms with Crippen LogP contribution in [0, 0.1) is 0 Å². The van der Waals surface area contributed by atoms with Crippen molar-refractivity contribution in [2.75, 3.05) is 37.7 Å². The molecule has 1 N–H and O–H groups in total. The summed E-state index contributed by atoms with van der Waals surface area (Å²) in [5.74, 6) is -0.0910. The Morgan fingerprint density at radius 2 is 1.85 bits per heavy atom. The molecule has 2 heterocycles. The van der Waals surface area contributed by atoms with Crippen molar-refractivity contribution >= 4 is 29.3 Å². The third kappa shape index (κ3) is 6.02. The minimum absolute atomic E-state index is 0.00166. The van der Waals surface area contributed by atoms with E-state index in [0.717, 1.165) is 24.2 Å². The first-order chi connectivity index (χ1) is 16.2. The fourth-order valence-corrected chi connectivity index (χ4v) is 4.59. The van der Waals surface area contributed by atoms with Gasteiger partial charge in [-0.05, 0) is 51.0 Å². The molecule has 7 nitrogen and oxygen atoms in total. The summed E-state index contributed by atoms with van der Waals surface area (Å²) < 4.78 is 11.2. The predicted octanol–water partition coefficient (Wildman–Crippen LogP) is 4.66. The lowest BCUT2D eigenvalue weighted by molar-refractivity contribution is -0.0228. The molecule has 2 saturated heterocycles. The number of halogens is 1. The summed E-state index contributed by atoms with van der Waals surface area (Å²) >= 11 is 6.57. The van der Waals surface area contributed by atoms with Gasteiger partial charge in [0.1, 0.15) is 11.7 Å². The fraction of sp³-hybridized carbons (Fsp3) is 0.462. The van der Waals surface area contributed by atoms with E-state index in [1.54, 1.807) is 11.0 Å². The van der Waals surface area contributed by atoms with Crippen LogP contribution in [0.25, 0.3) is 0 Å². The van der Waals surface area contributed by atoms with E-state index in [-0.39, 0.29) is 18.1 Å². The van der Waals surface area contributed by atoms with Gasteiger partial charge in [0, 0.05) is 25.3 Å². The number of nitrogens with one attached hydrogen (secondary N) is 1. The SMILES string of the molecule is CC(C)(C)OC(=O)NC1CCN(c2ccc(C(=O)N3CCOC(c4ccccc4)C3)c(Cl)c2)C1. The van der Waals surface area contributed by atoms with Crippen LogP contribution in [-0.2, 0) is 9.47 Å². The Kier molecular flexibility index (Phi) is 7.33. The molecule has 2 amide bonds. The highest BCUT2D eigenvalue weighted by Gasteiger charge is 2.29. The molecule has 8 heteroatoms. The normalized spacial score (nSPS) is 20.8. The van der Waals surface area contributed by atoms with Crippen molar-refractivity contribution in [2.45, 2.75) is 44.9 Å². The number of rotatable bonds is 4. The summed E-state index contributed by atoms with van der Waals surface area (Å²) in [5.41, 5.74) is 1.95. The van der Waals surface area contributed by atoms with Crippen LogP contribution in [0.15, 0.2) is 48.5 Å². The molecule has 4 rings (SSSR count). The molecule has 0 spiro atoms. The van der Waals surface area contributed by atoms with Gasteiger partial charge in [-0.3, -0.25) is 4.79 Å². The van der Waals surface area contributed by atoms with E-state index in [4.69, 9.17) is 21.1 Å². The average Bonchev–Trinajstić information content (AvgIpc) is 3.26. The quantitative estimate of drug-likeness (QED) is 0.682. The van der Waals surface area contributed by atoms with E-state index in [2.05, 4.69) is 10.2 Å². The van der Waals surface area contributed by atoms with Crippen LogP contribution in [0.3, 0.4) is 0 Å².